The van der Waals surface area contributed by atoms with Crippen molar-refractivity contribution >= 4 is 21.6 Å². The zero-order chi connectivity index (χ0) is 13.3. The van der Waals surface area contributed by atoms with E-state index in [1.165, 1.54) is 18.5 Å². The standard InChI is InChI=1S/C11H7BrF3N3/c12-10-5-17-9(4-18-10)7-3-6(11(13,14)15)1-2-8(7)16/h1-5H,16H2. The third-order valence-corrected chi connectivity index (χ3v) is 2.69. The van der Waals surface area contributed by atoms with Crippen LogP contribution < -0.4 is 5.73 Å². The first kappa shape index (κ1) is 12.8. The van der Waals surface area contributed by atoms with Crippen molar-refractivity contribution in [1.29, 1.82) is 0 Å². The van der Waals surface area contributed by atoms with Crippen LogP contribution in [0.2, 0.25) is 0 Å². The molecule has 1 aromatic carbocycles. The topological polar surface area (TPSA) is 51.8 Å². The van der Waals surface area contributed by atoms with E-state index in [1.807, 2.05) is 0 Å². The lowest BCUT2D eigenvalue weighted by Crippen LogP contribution is -2.06. The molecular formula is C11H7BrF3N3. The Morgan fingerprint density at radius 1 is 1.11 bits per heavy atom. The molecule has 0 fully saturated rings. The molecule has 1 heterocycles. The van der Waals surface area contributed by atoms with Gasteiger partial charge in [-0.25, -0.2) is 4.98 Å². The van der Waals surface area contributed by atoms with Gasteiger partial charge in [-0.05, 0) is 34.1 Å². The first-order valence-corrected chi connectivity index (χ1v) is 5.62. The number of nitrogen functional groups attached to an aromatic ring is 1. The van der Waals surface area contributed by atoms with E-state index < -0.39 is 11.7 Å². The van der Waals surface area contributed by atoms with Gasteiger partial charge in [0.15, 0.2) is 0 Å². The summed E-state index contributed by atoms with van der Waals surface area (Å²) in [7, 11) is 0. The van der Waals surface area contributed by atoms with Crippen LogP contribution in [0.4, 0.5) is 18.9 Å². The summed E-state index contributed by atoms with van der Waals surface area (Å²) >= 11 is 3.10. The van der Waals surface area contributed by atoms with Gasteiger partial charge < -0.3 is 5.73 Å². The number of hydrogen-bond donors (Lipinski definition) is 1. The van der Waals surface area contributed by atoms with Gasteiger partial charge in [0, 0.05) is 11.3 Å². The Labute approximate surface area is 109 Å². The number of nitrogens with two attached hydrogens (primary N) is 1. The van der Waals surface area contributed by atoms with Crippen molar-refractivity contribution in [2.24, 2.45) is 0 Å². The fourth-order valence-electron chi connectivity index (χ4n) is 1.41. The first-order chi connectivity index (χ1) is 8.38. The van der Waals surface area contributed by atoms with Crippen molar-refractivity contribution in [3.63, 3.8) is 0 Å². The van der Waals surface area contributed by atoms with Gasteiger partial charge in [-0.15, -0.1) is 0 Å². The van der Waals surface area contributed by atoms with E-state index in [1.54, 1.807) is 0 Å². The smallest absolute Gasteiger partial charge is 0.398 e. The van der Waals surface area contributed by atoms with E-state index in [9.17, 15) is 13.2 Å². The third-order valence-electron chi connectivity index (χ3n) is 2.28. The van der Waals surface area contributed by atoms with E-state index in [2.05, 4.69) is 25.9 Å². The van der Waals surface area contributed by atoms with Crippen molar-refractivity contribution in [3.05, 3.63) is 40.8 Å². The van der Waals surface area contributed by atoms with Crippen molar-refractivity contribution in [1.82, 2.24) is 9.97 Å². The van der Waals surface area contributed by atoms with Gasteiger partial charge in [0.2, 0.25) is 0 Å². The van der Waals surface area contributed by atoms with Gasteiger partial charge >= 0.3 is 6.18 Å². The van der Waals surface area contributed by atoms with E-state index >= 15 is 0 Å². The molecule has 0 unspecified atom stereocenters. The van der Waals surface area contributed by atoms with Crippen LogP contribution in [0.5, 0.6) is 0 Å². The highest BCUT2D eigenvalue weighted by molar-refractivity contribution is 9.10. The second kappa shape index (κ2) is 4.56. The van der Waals surface area contributed by atoms with Gasteiger partial charge in [-0.1, -0.05) is 0 Å². The lowest BCUT2D eigenvalue weighted by Gasteiger charge is -2.10. The molecule has 0 aliphatic carbocycles. The molecule has 7 heteroatoms. The second-order valence-corrected chi connectivity index (χ2v) is 4.34. The summed E-state index contributed by atoms with van der Waals surface area (Å²) in [6.45, 7) is 0. The molecule has 2 N–H and O–H groups in total. The lowest BCUT2D eigenvalue weighted by atomic mass is 10.1. The summed E-state index contributed by atoms with van der Waals surface area (Å²) in [6, 6.07) is 3.11. The normalized spacial score (nSPS) is 11.6. The highest BCUT2D eigenvalue weighted by atomic mass is 79.9. The quantitative estimate of drug-likeness (QED) is 0.819. The number of rotatable bonds is 1. The minimum atomic E-state index is -4.41. The molecule has 3 nitrogen and oxygen atoms in total. The molecule has 0 atom stereocenters. The van der Waals surface area contributed by atoms with Crippen LogP contribution in [0.3, 0.4) is 0 Å². The average Bonchev–Trinajstić information content (AvgIpc) is 2.29. The van der Waals surface area contributed by atoms with Gasteiger partial charge in [0.25, 0.3) is 0 Å². The number of aromatic nitrogens is 2. The Balaban J connectivity index is 2.53. The van der Waals surface area contributed by atoms with Crippen LogP contribution in [0.25, 0.3) is 11.3 Å². The molecule has 94 valence electrons. The minimum absolute atomic E-state index is 0.213. The van der Waals surface area contributed by atoms with Crippen molar-refractivity contribution < 1.29 is 13.2 Å². The number of alkyl halides is 3. The fraction of sp³-hybridized carbons (Fsp3) is 0.0909. The maximum atomic E-state index is 12.6. The molecule has 0 aliphatic rings. The van der Waals surface area contributed by atoms with Crippen LogP contribution in [-0.2, 0) is 6.18 Å². The average molecular weight is 318 g/mol. The lowest BCUT2D eigenvalue weighted by molar-refractivity contribution is -0.137. The molecule has 0 radical (unpaired) electrons. The van der Waals surface area contributed by atoms with Crippen molar-refractivity contribution in [2.75, 3.05) is 5.73 Å². The zero-order valence-electron chi connectivity index (χ0n) is 8.87. The number of anilines is 1. The van der Waals surface area contributed by atoms with Gasteiger partial charge in [0.05, 0.1) is 23.7 Å². The molecule has 0 bridgehead atoms. The molecule has 2 rings (SSSR count). The van der Waals surface area contributed by atoms with Crippen LogP contribution in [0.1, 0.15) is 5.56 Å². The first-order valence-electron chi connectivity index (χ1n) is 4.82. The van der Waals surface area contributed by atoms with Gasteiger partial charge in [-0.2, -0.15) is 13.2 Å². The van der Waals surface area contributed by atoms with Gasteiger partial charge in [0.1, 0.15) is 4.60 Å². The Hall–Kier alpha value is -1.63. The molecule has 0 amide bonds. The SMILES string of the molecule is Nc1ccc(C(F)(F)F)cc1-c1cnc(Br)cn1. The third kappa shape index (κ3) is 2.61. The summed E-state index contributed by atoms with van der Waals surface area (Å²) in [5, 5.41) is 0. The highest BCUT2D eigenvalue weighted by Gasteiger charge is 2.31. The molecule has 0 spiro atoms. The minimum Gasteiger partial charge on any atom is -0.398 e. The summed E-state index contributed by atoms with van der Waals surface area (Å²) < 4.78 is 38.3. The Kier molecular flexibility index (Phi) is 3.25. The molecule has 2 aromatic rings. The van der Waals surface area contributed by atoms with Crippen LogP contribution in [-0.4, -0.2) is 9.97 Å². The molecule has 18 heavy (non-hydrogen) atoms. The number of hydrogen-bond acceptors (Lipinski definition) is 3. The molecule has 0 saturated heterocycles. The molecule has 0 saturated carbocycles. The molecule has 1 aromatic heterocycles. The van der Waals surface area contributed by atoms with Crippen LogP contribution in [0, 0.1) is 0 Å². The van der Waals surface area contributed by atoms with E-state index in [0.29, 0.717) is 10.3 Å². The summed E-state index contributed by atoms with van der Waals surface area (Å²) in [6.07, 6.45) is -1.66. The maximum absolute atomic E-state index is 12.6. The van der Waals surface area contributed by atoms with Gasteiger partial charge in [-0.3, -0.25) is 4.98 Å². The van der Waals surface area contributed by atoms with Crippen molar-refractivity contribution in [2.45, 2.75) is 6.18 Å². The second-order valence-electron chi connectivity index (χ2n) is 3.52. The predicted octanol–water partition coefficient (Wildman–Crippen LogP) is 3.51. The highest BCUT2D eigenvalue weighted by Crippen LogP contribution is 2.34. The molecule has 0 aliphatic heterocycles. The molecular weight excluding hydrogens is 311 g/mol. The van der Waals surface area contributed by atoms with Crippen LogP contribution in [0.15, 0.2) is 35.2 Å². The Morgan fingerprint density at radius 2 is 1.83 bits per heavy atom. The monoisotopic (exact) mass is 317 g/mol. The fourth-order valence-corrected chi connectivity index (χ4v) is 1.61. The maximum Gasteiger partial charge on any atom is 0.416 e. The summed E-state index contributed by atoms with van der Waals surface area (Å²) in [5.74, 6) is 0. The summed E-state index contributed by atoms with van der Waals surface area (Å²) in [5.41, 5.74) is 5.62. The number of nitrogens with zero attached hydrogens (tertiary/aromatic N) is 2. The van der Waals surface area contributed by atoms with E-state index in [-0.39, 0.29) is 11.3 Å². The van der Waals surface area contributed by atoms with E-state index in [0.717, 1.165) is 12.1 Å². The zero-order valence-corrected chi connectivity index (χ0v) is 10.5. The van der Waals surface area contributed by atoms with Crippen LogP contribution >= 0.6 is 15.9 Å². The Bertz CT molecular complexity index is 567. The Morgan fingerprint density at radius 3 is 2.39 bits per heavy atom. The number of benzene rings is 1. The summed E-state index contributed by atoms with van der Waals surface area (Å²) in [4.78, 5) is 7.88. The predicted molar refractivity (Wildman–Crippen MR) is 64.6 cm³/mol. The van der Waals surface area contributed by atoms with Crippen molar-refractivity contribution in [3.8, 4) is 11.3 Å². The largest absolute Gasteiger partial charge is 0.416 e. The van der Waals surface area contributed by atoms with E-state index in [4.69, 9.17) is 5.73 Å². The number of halogens is 4.